The number of benzene rings is 4. The lowest BCUT2D eigenvalue weighted by molar-refractivity contribution is -0.120. The summed E-state index contributed by atoms with van der Waals surface area (Å²) < 4.78 is 23.1. The van der Waals surface area contributed by atoms with Crippen LogP contribution in [0.3, 0.4) is 0 Å². The molecule has 38 heavy (non-hydrogen) atoms. The van der Waals surface area contributed by atoms with Gasteiger partial charge in [-0.25, -0.2) is 0 Å². The molecule has 0 fully saturated rings. The minimum absolute atomic E-state index is 0.0461. The molecule has 4 aromatic carbocycles. The average molecular weight is 512 g/mol. The lowest BCUT2D eigenvalue weighted by atomic mass is 10.1. The van der Waals surface area contributed by atoms with Gasteiger partial charge in [0.05, 0.1) is 20.6 Å². The van der Waals surface area contributed by atoms with Crippen molar-refractivity contribution in [2.24, 2.45) is 0 Å². The molecule has 0 aromatic heterocycles. The fourth-order valence-corrected chi connectivity index (χ4v) is 4.05. The maximum absolute atomic E-state index is 12.6. The highest BCUT2D eigenvalue weighted by atomic mass is 16.5. The third-order valence-corrected chi connectivity index (χ3v) is 6.06. The van der Waals surface area contributed by atoms with Gasteiger partial charge in [-0.1, -0.05) is 78.9 Å². The van der Waals surface area contributed by atoms with Gasteiger partial charge < -0.3 is 24.3 Å². The third-order valence-electron chi connectivity index (χ3n) is 6.06. The van der Waals surface area contributed by atoms with E-state index in [0.29, 0.717) is 49.8 Å². The molecule has 1 N–H and O–H groups in total. The first-order valence-electron chi connectivity index (χ1n) is 12.6. The highest BCUT2D eigenvalue weighted by molar-refractivity contribution is 5.78. The molecule has 6 nitrogen and oxygen atoms in total. The second-order valence-corrected chi connectivity index (χ2v) is 8.76. The molecule has 0 radical (unpaired) electrons. The molecule has 0 atom stereocenters. The summed E-state index contributed by atoms with van der Waals surface area (Å²) >= 11 is 0. The largest absolute Gasteiger partial charge is 0.493 e. The Morgan fingerprint density at radius 1 is 0.658 bits per heavy atom. The minimum Gasteiger partial charge on any atom is -0.493 e. The van der Waals surface area contributed by atoms with Crippen LogP contribution in [0.4, 0.5) is 0 Å². The smallest absolute Gasteiger partial charge is 0.224 e. The van der Waals surface area contributed by atoms with Crippen LogP contribution in [0.25, 0.3) is 0 Å². The Morgan fingerprint density at radius 2 is 1.29 bits per heavy atom. The van der Waals surface area contributed by atoms with Crippen molar-refractivity contribution in [2.75, 3.05) is 20.8 Å². The van der Waals surface area contributed by atoms with Crippen molar-refractivity contribution in [1.29, 1.82) is 0 Å². The van der Waals surface area contributed by atoms with Crippen molar-refractivity contribution in [3.8, 4) is 23.0 Å². The standard InChI is InChI=1S/C32H33NO5/c1-35-29-18-15-27(31(32(29)36-2)38-23-26-11-7-4-8-12-26)19-20-33-30(34)21-24-13-16-28(17-14-24)37-22-25-9-5-3-6-10-25/h3-18H,19-23H2,1-2H3,(H,33,34). The zero-order valence-corrected chi connectivity index (χ0v) is 21.8. The summed E-state index contributed by atoms with van der Waals surface area (Å²) in [6.45, 7) is 1.37. The quantitative estimate of drug-likeness (QED) is 0.247. The van der Waals surface area contributed by atoms with Crippen molar-refractivity contribution in [2.45, 2.75) is 26.1 Å². The Morgan fingerprint density at radius 3 is 1.89 bits per heavy atom. The van der Waals surface area contributed by atoms with Crippen molar-refractivity contribution < 1.29 is 23.7 Å². The number of ether oxygens (including phenoxy) is 4. The average Bonchev–Trinajstić information content (AvgIpc) is 2.96. The van der Waals surface area contributed by atoms with Crippen LogP contribution in [0.1, 0.15) is 22.3 Å². The molecule has 0 aliphatic carbocycles. The van der Waals surface area contributed by atoms with Gasteiger partial charge in [0.25, 0.3) is 0 Å². The van der Waals surface area contributed by atoms with Gasteiger partial charge in [0.2, 0.25) is 11.7 Å². The number of hydrogen-bond acceptors (Lipinski definition) is 5. The lowest BCUT2D eigenvalue weighted by Gasteiger charge is -2.18. The van der Waals surface area contributed by atoms with E-state index in [4.69, 9.17) is 18.9 Å². The Labute approximate surface area is 224 Å². The number of nitrogens with one attached hydrogen (secondary N) is 1. The van der Waals surface area contributed by atoms with Gasteiger partial charge in [0, 0.05) is 12.1 Å². The van der Waals surface area contributed by atoms with Gasteiger partial charge in [-0.3, -0.25) is 4.79 Å². The van der Waals surface area contributed by atoms with Crippen molar-refractivity contribution in [3.05, 3.63) is 119 Å². The first kappa shape index (κ1) is 26.6. The first-order valence-corrected chi connectivity index (χ1v) is 12.6. The van der Waals surface area contributed by atoms with E-state index in [9.17, 15) is 4.79 Å². The zero-order chi connectivity index (χ0) is 26.6. The van der Waals surface area contributed by atoms with Crippen LogP contribution in [0.5, 0.6) is 23.0 Å². The van der Waals surface area contributed by atoms with Crippen molar-refractivity contribution in [3.63, 3.8) is 0 Å². The maximum Gasteiger partial charge on any atom is 0.224 e. The first-order chi connectivity index (χ1) is 18.7. The summed E-state index contributed by atoms with van der Waals surface area (Å²) in [4.78, 5) is 12.6. The molecule has 0 saturated carbocycles. The summed E-state index contributed by atoms with van der Waals surface area (Å²) in [5.41, 5.74) is 4.01. The van der Waals surface area contributed by atoms with E-state index in [1.165, 1.54) is 0 Å². The molecule has 0 aliphatic heterocycles. The number of carbonyl (C=O) groups is 1. The molecule has 0 aliphatic rings. The normalized spacial score (nSPS) is 10.5. The van der Waals surface area contributed by atoms with Crippen LogP contribution in [0.2, 0.25) is 0 Å². The number of rotatable bonds is 13. The molecule has 1 amide bonds. The van der Waals surface area contributed by atoms with Crippen molar-refractivity contribution >= 4 is 5.91 Å². The topological polar surface area (TPSA) is 66.0 Å². The zero-order valence-electron chi connectivity index (χ0n) is 21.8. The monoisotopic (exact) mass is 511 g/mol. The second kappa shape index (κ2) is 13.7. The van der Waals surface area contributed by atoms with E-state index in [-0.39, 0.29) is 5.91 Å². The molecule has 0 spiro atoms. The molecule has 4 aromatic rings. The SMILES string of the molecule is COc1ccc(CCNC(=O)Cc2ccc(OCc3ccccc3)cc2)c(OCc2ccccc2)c1OC. The van der Waals surface area contributed by atoms with Gasteiger partial charge in [-0.15, -0.1) is 0 Å². The van der Waals surface area contributed by atoms with Crippen LogP contribution < -0.4 is 24.3 Å². The number of methoxy groups -OCH3 is 2. The Hall–Kier alpha value is -4.45. The Bertz CT molecular complexity index is 1290. The molecule has 4 rings (SSSR count). The Balaban J connectivity index is 1.30. The van der Waals surface area contributed by atoms with E-state index in [2.05, 4.69) is 5.32 Å². The van der Waals surface area contributed by atoms with Crippen LogP contribution >= 0.6 is 0 Å². The highest BCUT2D eigenvalue weighted by Gasteiger charge is 2.17. The molecular formula is C32H33NO5. The Kier molecular flexibility index (Phi) is 9.63. The third kappa shape index (κ3) is 7.53. The number of hydrogen-bond donors (Lipinski definition) is 1. The van der Waals surface area contributed by atoms with Gasteiger partial charge in [0.1, 0.15) is 19.0 Å². The van der Waals surface area contributed by atoms with Gasteiger partial charge in [-0.2, -0.15) is 0 Å². The van der Waals surface area contributed by atoms with E-state index >= 15 is 0 Å². The van der Waals surface area contributed by atoms with E-state index in [1.54, 1.807) is 14.2 Å². The molecule has 196 valence electrons. The molecule has 0 bridgehead atoms. The summed E-state index contributed by atoms with van der Waals surface area (Å²) in [7, 11) is 3.19. The number of amides is 1. The van der Waals surface area contributed by atoms with Gasteiger partial charge in [-0.05, 0) is 41.3 Å². The highest BCUT2D eigenvalue weighted by Crippen LogP contribution is 2.40. The van der Waals surface area contributed by atoms with E-state index in [1.807, 2.05) is 97.1 Å². The number of carbonyl (C=O) groups excluding carboxylic acids is 1. The second-order valence-electron chi connectivity index (χ2n) is 8.76. The maximum atomic E-state index is 12.6. The van der Waals surface area contributed by atoms with Crippen LogP contribution in [-0.4, -0.2) is 26.7 Å². The van der Waals surface area contributed by atoms with Gasteiger partial charge in [0.15, 0.2) is 11.5 Å². The summed E-state index contributed by atoms with van der Waals surface area (Å²) in [5.74, 6) is 2.49. The van der Waals surface area contributed by atoms with Gasteiger partial charge >= 0.3 is 0 Å². The predicted octanol–water partition coefficient (Wildman–Crippen LogP) is 5.76. The minimum atomic E-state index is -0.0461. The summed E-state index contributed by atoms with van der Waals surface area (Å²) in [5, 5.41) is 3.01. The molecule has 0 saturated heterocycles. The summed E-state index contributed by atoms with van der Waals surface area (Å²) in [6, 6.07) is 31.4. The van der Waals surface area contributed by atoms with Crippen molar-refractivity contribution in [1.82, 2.24) is 5.32 Å². The summed E-state index contributed by atoms with van der Waals surface area (Å²) in [6.07, 6.45) is 0.880. The van der Waals surface area contributed by atoms with Crippen LogP contribution in [0, 0.1) is 0 Å². The predicted molar refractivity (Wildman–Crippen MR) is 148 cm³/mol. The van der Waals surface area contributed by atoms with E-state index in [0.717, 1.165) is 28.0 Å². The molecule has 0 heterocycles. The lowest BCUT2D eigenvalue weighted by Crippen LogP contribution is -2.27. The molecule has 0 unspecified atom stereocenters. The molecule has 6 heteroatoms. The fourth-order valence-electron chi connectivity index (χ4n) is 4.05. The molecular weight excluding hydrogens is 478 g/mol. The fraction of sp³-hybridized carbons (Fsp3) is 0.219. The van der Waals surface area contributed by atoms with Crippen LogP contribution in [0.15, 0.2) is 97.1 Å². The van der Waals surface area contributed by atoms with E-state index < -0.39 is 0 Å². The van der Waals surface area contributed by atoms with Crippen LogP contribution in [-0.2, 0) is 30.8 Å².